The van der Waals surface area contributed by atoms with Gasteiger partial charge in [0.2, 0.25) is 0 Å². The van der Waals surface area contributed by atoms with E-state index in [4.69, 9.17) is 4.98 Å². The molecule has 1 aromatic rings. The van der Waals surface area contributed by atoms with Crippen molar-refractivity contribution < 1.29 is 0 Å². The quantitative estimate of drug-likeness (QED) is 0.918. The normalized spacial score (nSPS) is 19.2. The molecule has 1 aromatic heterocycles. The monoisotopic (exact) mass is 281 g/mol. The lowest BCUT2D eigenvalue weighted by Crippen LogP contribution is -2.34. The minimum absolute atomic E-state index is 0.159. The molecule has 0 saturated carbocycles. The second kappa shape index (κ2) is 5.06. The highest BCUT2D eigenvalue weighted by Gasteiger charge is 2.31. The van der Waals surface area contributed by atoms with Crippen molar-refractivity contribution in [2.45, 2.75) is 60.0 Å². The van der Waals surface area contributed by atoms with Gasteiger partial charge in [-0.15, -0.1) is 11.3 Å². The van der Waals surface area contributed by atoms with E-state index in [1.807, 2.05) is 11.3 Å². The summed E-state index contributed by atoms with van der Waals surface area (Å²) < 4.78 is 0. The van der Waals surface area contributed by atoms with Crippen molar-refractivity contribution in [3.8, 4) is 0 Å². The van der Waals surface area contributed by atoms with Crippen molar-refractivity contribution >= 4 is 16.5 Å². The van der Waals surface area contributed by atoms with Crippen LogP contribution < -0.4 is 10.2 Å². The Balaban J connectivity index is 2.05. The van der Waals surface area contributed by atoms with Crippen LogP contribution >= 0.6 is 11.3 Å². The first-order valence-electron chi connectivity index (χ1n) is 7.13. The van der Waals surface area contributed by atoms with E-state index in [2.05, 4.69) is 51.8 Å². The minimum Gasteiger partial charge on any atom is -0.348 e. The second-order valence-corrected chi connectivity index (χ2v) is 8.51. The number of nitrogens with zero attached hydrogens (tertiary/aromatic N) is 2. The van der Waals surface area contributed by atoms with Crippen molar-refractivity contribution in [3.63, 3.8) is 0 Å². The summed E-state index contributed by atoms with van der Waals surface area (Å²) in [5, 5.41) is 4.75. The fourth-order valence-electron chi connectivity index (χ4n) is 2.33. The van der Waals surface area contributed by atoms with E-state index < -0.39 is 0 Å². The van der Waals surface area contributed by atoms with Crippen molar-refractivity contribution in [3.05, 3.63) is 10.6 Å². The van der Waals surface area contributed by atoms with Gasteiger partial charge < -0.3 is 10.2 Å². The van der Waals surface area contributed by atoms with Gasteiger partial charge in [-0.25, -0.2) is 4.98 Å². The largest absolute Gasteiger partial charge is 0.348 e. The van der Waals surface area contributed by atoms with E-state index in [1.54, 1.807) is 0 Å². The van der Waals surface area contributed by atoms with Gasteiger partial charge in [0.05, 0.1) is 5.69 Å². The predicted molar refractivity (Wildman–Crippen MR) is 84.1 cm³/mol. The SMILES string of the molecule is Cc1nc(N2CCC(C)(C)C2)sc1CNC(C)(C)C. The molecule has 3 nitrogen and oxygen atoms in total. The van der Waals surface area contributed by atoms with Crippen LogP contribution in [0.25, 0.3) is 0 Å². The summed E-state index contributed by atoms with van der Waals surface area (Å²) >= 11 is 1.85. The van der Waals surface area contributed by atoms with E-state index in [1.165, 1.54) is 22.1 Å². The predicted octanol–water partition coefficient (Wildman–Crippen LogP) is 3.58. The van der Waals surface area contributed by atoms with Gasteiger partial charge in [0.1, 0.15) is 0 Å². The molecule has 0 radical (unpaired) electrons. The zero-order valence-corrected chi connectivity index (χ0v) is 13.9. The number of thiazole rings is 1. The van der Waals surface area contributed by atoms with Crippen LogP contribution in [0.3, 0.4) is 0 Å². The minimum atomic E-state index is 0.159. The number of anilines is 1. The number of hydrogen-bond acceptors (Lipinski definition) is 4. The van der Waals surface area contributed by atoms with Crippen molar-refractivity contribution in [1.82, 2.24) is 10.3 Å². The fraction of sp³-hybridized carbons (Fsp3) is 0.800. The third-order valence-electron chi connectivity index (χ3n) is 3.61. The topological polar surface area (TPSA) is 28.2 Å². The van der Waals surface area contributed by atoms with E-state index in [0.29, 0.717) is 5.41 Å². The van der Waals surface area contributed by atoms with Crippen LogP contribution in [0.2, 0.25) is 0 Å². The maximum Gasteiger partial charge on any atom is 0.185 e. The maximum atomic E-state index is 4.76. The summed E-state index contributed by atoms with van der Waals surface area (Å²) in [7, 11) is 0. The van der Waals surface area contributed by atoms with Gasteiger partial charge in [0.25, 0.3) is 0 Å². The Hall–Kier alpha value is -0.610. The molecule has 1 saturated heterocycles. The van der Waals surface area contributed by atoms with Gasteiger partial charge in [0.15, 0.2) is 5.13 Å². The molecule has 1 aliphatic rings. The summed E-state index contributed by atoms with van der Waals surface area (Å²) in [5.41, 5.74) is 1.77. The summed E-state index contributed by atoms with van der Waals surface area (Å²) in [5.74, 6) is 0. The van der Waals surface area contributed by atoms with Gasteiger partial charge in [-0.2, -0.15) is 0 Å². The Bertz CT molecular complexity index is 443. The number of aromatic nitrogens is 1. The molecule has 0 bridgehead atoms. The van der Waals surface area contributed by atoms with Crippen molar-refractivity contribution in [2.75, 3.05) is 18.0 Å². The first-order chi connectivity index (χ1) is 8.66. The van der Waals surface area contributed by atoms with Crippen LogP contribution in [-0.2, 0) is 6.54 Å². The Morgan fingerprint density at radius 2 is 2.05 bits per heavy atom. The molecule has 2 heterocycles. The van der Waals surface area contributed by atoms with Crippen molar-refractivity contribution in [1.29, 1.82) is 0 Å². The Kier molecular flexibility index (Phi) is 3.94. The van der Waals surface area contributed by atoms with Crippen LogP contribution in [0.15, 0.2) is 0 Å². The van der Waals surface area contributed by atoms with E-state index in [0.717, 1.165) is 19.6 Å². The number of hydrogen-bond donors (Lipinski definition) is 1. The lowest BCUT2D eigenvalue weighted by atomic mass is 9.93. The molecule has 0 amide bonds. The highest BCUT2D eigenvalue weighted by Crippen LogP contribution is 2.35. The number of rotatable bonds is 3. The summed E-state index contributed by atoms with van der Waals surface area (Å²) in [6.45, 7) is 16.6. The molecule has 19 heavy (non-hydrogen) atoms. The van der Waals surface area contributed by atoms with Crippen LogP contribution in [0.1, 0.15) is 51.6 Å². The molecule has 1 aliphatic heterocycles. The highest BCUT2D eigenvalue weighted by molar-refractivity contribution is 7.15. The molecule has 0 aliphatic carbocycles. The molecule has 1 N–H and O–H groups in total. The smallest absolute Gasteiger partial charge is 0.185 e. The average molecular weight is 281 g/mol. The van der Waals surface area contributed by atoms with Crippen LogP contribution in [0.5, 0.6) is 0 Å². The lowest BCUT2D eigenvalue weighted by molar-refractivity contribution is 0.418. The average Bonchev–Trinajstić information content (AvgIpc) is 2.78. The molecule has 108 valence electrons. The summed E-state index contributed by atoms with van der Waals surface area (Å²) in [4.78, 5) is 8.58. The summed E-state index contributed by atoms with van der Waals surface area (Å²) in [6.07, 6.45) is 1.27. The second-order valence-electron chi connectivity index (χ2n) is 7.44. The molecule has 0 unspecified atom stereocenters. The Labute approximate surface area is 121 Å². The van der Waals surface area contributed by atoms with E-state index >= 15 is 0 Å². The van der Waals surface area contributed by atoms with Crippen LogP contribution in [0, 0.1) is 12.3 Å². The third-order valence-corrected chi connectivity index (χ3v) is 4.83. The summed E-state index contributed by atoms with van der Waals surface area (Å²) in [6, 6.07) is 0. The first kappa shape index (κ1) is 14.8. The fourth-order valence-corrected chi connectivity index (χ4v) is 3.36. The molecule has 0 atom stereocenters. The molecular formula is C15H27N3S. The van der Waals surface area contributed by atoms with Crippen LogP contribution in [-0.4, -0.2) is 23.6 Å². The molecule has 2 rings (SSSR count). The molecule has 0 aromatic carbocycles. The maximum absolute atomic E-state index is 4.76. The first-order valence-corrected chi connectivity index (χ1v) is 7.94. The molecule has 1 fully saturated rings. The van der Waals surface area contributed by atoms with Gasteiger partial charge in [-0.05, 0) is 39.5 Å². The lowest BCUT2D eigenvalue weighted by Gasteiger charge is -2.20. The van der Waals surface area contributed by atoms with E-state index in [9.17, 15) is 0 Å². The standard InChI is InChI=1S/C15H27N3S/c1-11-12(9-16-14(2,3)4)19-13(17-11)18-8-7-15(5,6)10-18/h16H,7-10H2,1-6H3. The molecular weight excluding hydrogens is 254 g/mol. The van der Waals surface area contributed by atoms with Gasteiger partial charge in [0, 0.05) is 30.1 Å². The van der Waals surface area contributed by atoms with Gasteiger partial charge in [-0.1, -0.05) is 13.8 Å². The van der Waals surface area contributed by atoms with Crippen LogP contribution in [0.4, 0.5) is 5.13 Å². The molecule has 4 heteroatoms. The molecule has 0 spiro atoms. The third kappa shape index (κ3) is 3.93. The highest BCUT2D eigenvalue weighted by atomic mass is 32.1. The Morgan fingerprint density at radius 3 is 2.58 bits per heavy atom. The van der Waals surface area contributed by atoms with E-state index in [-0.39, 0.29) is 5.54 Å². The number of nitrogens with one attached hydrogen (secondary N) is 1. The number of aryl methyl sites for hydroxylation is 1. The zero-order chi connectivity index (χ0) is 14.3. The van der Waals surface area contributed by atoms with Gasteiger partial charge in [-0.3, -0.25) is 0 Å². The zero-order valence-electron chi connectivity index (χ0n) is 13.1. The van der Waals surface area contributed by atoms with Crippen molar-refractivity contribution in [2.24, 2.45) is 5.41 Å². The van der Waals surface area contributed by atoms with Gasteiger partial charge >= 0.3 is 0 Å². The Morgan fingerprint density at radius 1 is 1.37 bits per heavy atom.